The summed E-state index contributed by atoms with van der Waals surface area (Å²) in [4.78, 5) is 24.4. The molecule has 0 saturated carbocycles. The van der Waals surface area contributed by atoms with Gasteiger partial charge in [-0.3, -0.25) is 4.79 Å². The van der Waals surface area contributed by atoms with E-state index < -0.39 is 12.1 Å². The molecule has 1 fully saturated rings. The third-order valence-electron chi connectivity index (χ3n) is 7.28. The number of ether oxygens (including phenoxy) is 1. The number of carboxylic acid groups (broad SMARTS) is 1. The molecule has 4 aromatic carbocycles. The number of fused-ring (bicyclic) bond motifs is 1. The number of aryl methyl sites for hydroxylation is 2. The number of aromatic nitrogens is 2. The SMILES string of the molecule is Cc1cccc(Nc2ccc3c(cnn3-c3cccc(C(=O)Nc4ccc(N5CCOCC5)c(C)c4)c3)c2)c1.O=C(O)C(F)(F)F. The molecule has 0 aliphatic carbocycles. The summed E-state index contributed by atoms with van der Waals surface area (Å²) in [6, 6.07) is 28.1. The molecule has 1 aliphatic heterocycles. The summed E-state index contributed by atoms with van der Waals surface area (Å²) in [5.74, 6) is -2.91. The van der Waals surface area contributed by atoms with Crippen LogP contribution in [0.1, 0.15) is 21.5 Å². The lowest BCUT2D eigenvalue weighted by Gasteiger charge is -2.30. The molecular weight excluding hydrogens is 599 g/mol. The molecule has 3 N–H and O–H groups in total. The van der Waals surface area contributed by atoms with Crippen LogP contribution in [0.2, 0.25) is 0 Å². The number of halogens is 3. The number of nitrogens with one attached hydrogen (secondary N) is 2. The number of aliphatic carboxylic acids is 1. The largest absolute Gasteiger partial charge is 0.490 e. The van der Waals surface area contributed by atoms with Gasteiger partial charge in [0.15, 0.2) is 0 Å². The molecule has 0 radical (unpaired) electrons. The maximum Gasteiger partial charge on any atom is 0.490 e. The second-order valence-corrected chi connectivity index (χ2v) is 10.7. The molecule has 9 nitrogen and oxygen atoms in total. The number of morpholine rings is 1. The Hall–Kier alpha value is -5.36. The van der Waals surface area contributed by atoms with Crippen LogP contribution in [0.4, 0.5) is 35.9 Å². The van der Waals surface area contributed by atoms with Crippen molar-refractivity contribution in [3.63, 3.8) is 0 Å². The fraction of sp³-hybridized carbons (Fsp3) is 0.206. The van der Waals surface area contributed by atoms with Crippen molar-refractivity contribution in [1.82, 2.24) is 9.78 Å². The lowest BCUT2D eigenvalue weighted by Crippen LogP contribution is -2.36. The summed E-state index contributed by atoms with van der Waals surface area (Å²) in [7, 11) is 0. The molecule has 0 atom stereocenters. The molecule has 12 heteroatoms. The quantitative estimate of drug-likeness (QED) is 0.183. The Bertz CT molecular complexity index is 1870. The van der Waals surface area contributed by atoms with Crippen LogP contribution < -0.4 is 15.5 Å². The first-order valence-electron chi connectivity index (χ1n) is 14.4. The third-order valence-corrected chi connectivity index (χ3v) is 7.28. The number of benzene rings is 4. The van der Waals surface area contributed by atoms with Crippen molar-refractivity contribution in [2.45, 2.75) is 20.0 Å². The van der Waals surface area contributed by atoms with Gasteiger partial charge in [0.05, 0.1) is 30.6 Å². The maximum absolute atomic E-state index is 13.2. The highest BCUT2D eigenvalue weighted by Gasteiger charge is 2.38. The van der Waals surface area contributed by atoms with Crippen molar-refractivity contribution in [2.75, 3.05) is 41.8 Å². The Balaban J connectivity index is 0.000000537. The van der Waals surface area contributed by atoms with E-state index in [-0.39, 0.29) is 5.91 Å². The van der Waals surface area contributed by atoms with E-state index in [1.54, 1.807) is 0 Å². The van der Waals surface area contributed by atoms with E-state index in [1.807, 2.05) is 65.5 Å². The second-order valence-electron chi connectivity index (χ2n) is 10.7. The Morgan fingerprint density at radius 1 is 0.870 bits per heavy atom. The third kappa shape index (κ3) is 7.83. The van der Waals surface area contributed by atoms with Gasteiger partial charge in [0, 0.05) is 46.8 Å². The topological polar surface area (TPSA) is 109 Å². The summed E-state index contributed by atoms with van der Waals surface area (Å²) in [6.07, 6.45) is -3.23. The highest BCUT2D eigenvalue weighted by molar-refractivity contribution is 6.04. The van der Waals surface area contributed by atoms with Gasteiger partial charge >= 0.3 is 12.1 Å². The molecule has 5 aromatic rings. The molecule has 238 valence electrons. The first kappa shape index (κ1) is 32.0. The molecule has 1 aromatic heterocycles. The van der Waals surface area contributed by atoms with E-state index in [0.29, 0.717) is 5.56 Å². The molecule has 2 heterocycles. The lowest BCUT2D eigenvalue weighted by molar-refractivity contribution is -0.192. The molecule has 1 aliphatic rings. The van der Waals surface area contributed by atoms with Crippen LogP contribution in [0.5, 0.6) is 0 Å². The van der Waals surface area contributed by atoms with E-state index in [9.17, 15) is 18.0 Å². The molecule has 0 spiro atoms. The van der Waals surface area contributed by atoms with Gasteiger partial charge in [-0.25, -0.2) is 9.48 Å². The molecular formula is C34H32F3N5O4. The van der Waals surface area contributed by atoms with Gasteiger partial charge in [-0.2, -0.15) is 18.3 Å². The molecule has 46 heavy (non-hydrogen) atoms. The normalized spacial score (nSPS) is 13.1. The molecule has 0 unspecified atom stereocenters. The number of hydrogen-bond acceptors (Lipinski definition) is 6. The number of amides is 1. The second kappa shape index (κ2) is 13.7. The minimum atomic E-state index is -5.08. The Kier molecular flexibility index (Phi) is 9.57. The molecule has 1 saturated heterocycles. The summed E-state index contributed by atoms with van der Waals surface area (Å²) in [5.41, 5.74) is 8.71. The van der Waals surface area contributed by atoms with E-state index in [1.165, 1.54) is 11.3 Å². The van der Waals surface area contributed by atoms with Gasteiger partial charge in [0.2, 0.25) is 0 Å². The summed E-state index contributed by atoms with van der Waals surface area (Å²) < 4.78 is 39.1. The van der Waals surface area contributed by atoms with E-state index >= 15 is 0 Å². The van der Waals surface area contributed by atoms with Crippen molar-refractivity contribution in [1.29, 1.82) is 0 Å². The van der Waals surface area contributed by atoms with Crippen molar-refractivity contribution in [2.24, 2.45) is 0 Å². The number of nitrogens with zero attached hydrogens (tertiary/aromatic N) is 3. The van der Waals surface area contributed by atoms with Crippen molar-refractivity contribution in [3.05, 3.63) is 108 Å². The number of hydrogen-bond donors (Lipinski definition) is 3. The number of alkyl halides is 3. The van der Waals surface area contributed by atoms with Gasteiger partial charge < -0.3 is 25.4 Å². The van der Waals surface area contributed by atoms with Crippen LogP contribution >= 0.6 is 0 Å². The van der Waals surface area contributed by atoms with Crippen LogP contribution in [0.25, 0.3) is 16.6 Å². The van der Waals surface area contributed by atoms with E-state index in [2.05, 4.69) is 64.8 Å². The van der Waals surface area contributed by atoms with Gasteiger partial charge in [-0.15, -0.1) is 0 Å². The molecule has 1 amide bonds. The van der Waals surface area contributed by atoms with Crippen molar-refractivity contribution in [3.8, 4) is 5.69 Å². The highest BCUT2D eigenvalue weighted by Crippen LogP contribution is 2.27. The van der Waals surface area contributed by atoms with Crippen molar-refractivity contribution < 1.29 is 32.6 Å². The zero-order valence-corrected chi connectivity index (χ0v) is 25.1. The average molecular weight is 632 g/mol. The zero-order valence-electron chi connectivity index (χ0n) is 25.1. The number of carbonyl (C=O) groups is 2. The standard InChI is InChI=1S/C32H31N5O2.C2HF3O2/c1-22-5-3-7-26(17-22)34-28-10-12-31-25(19-28)21-33-37(31)29-8-4-6-24(20-29)32(38)35-27-9-11-30(23(2)18-27)36-13-15-39-16-14-36;3-2(4,5)1(6)7/h3-12,17-21,34H,13-16H2,1-2H3,(H,35,38);(H,6,7). The smallest absolute Gasteiger partial charge is 0.475 e. The van der Waals surface area contributed by atoms with Crippen LogP contribution in [0.15, 0.2) is 91.1 Å². The van der Waals surface area contributed by atoms with E-state index in [4.69, 9.17) is 14.6 Å². The van der Waals surface area contributed by atoms with Crippen LogP contribution in [0, 0.1) is 13.8 Å². The van der Waals surface area contributed by atoms with Gasteiger partial charge in [0.25, 0.3) is 5.91 Å². The maximum atomic E-state index is 13.2. The fourth-order valence-electron chi connectivity index (χ4n) is 5.08. The Labute approximate surface area is 263 Å². The Morgan fingerprint density at radius 2 is 1.57 bits per heavy atom. The predicted molar refractivity (Wildman–Crippen MR) is 171 cm³/mol. The van der Waals surface area contributed by atoms with E-state index in [0.717, 1.165) is 65.5 Å². The number of rotatable bonds is 6. The number of anilines is 4. The van der Waals surface area contributed by atoms with Crippen LogP contribution in [0.3, 0.4) is 0 Å². The van der Waals surface area contributed by atoms with Crippen molar-refractivity contribution >= 4 is 45.5 Å². The fourth-order valence-corrected chi connectivity index (χ4v) is 5.08. The molecule has 0 bridgehead atoms. The van der Waals surface area contributed by atoms with Crippen LogP contribution in [-0.2, 0) is 9.53 Å². The van der Waals surface area contributed by atoms with Gasteiger partial charge in [0.1, 0.15) is 0 Å². The number of carboxylic acids is 1. The van der Waals surface area contributed by atoms with Gasteiger partial charge in [-0.1, -0.05) is 18.2 Å². The summed E-state index contributed by atoms with van der Waals surface area (Å²) in [5, 5.41) is 19.3. The summed E-state index contributed by atoms with van der Waals surface area (Å²) in [6.45, 7) is 7.40. The number of carbonyl (C=O) groups excluding carboxylic acids is 1. The van der Waals surface area contributed by atoms with Crippen LogP contribution in [-0.4, -0.2) is 59.2 Å². The average Bonchev–Trinajstić information content (AvgIpc) is 3.45. The first-order chi connectivity index (χ1) is 22.0. The summed E-state index contributed by atoms with van der Waals surface area (Å²) >= 11 is 0. The molecule has 6 rings (SSSR count). The first-order valence-corrected chi connectivity index (χ1v) is 14.4. The predicted octanol–water partition coefficient (Wildman–Crippen LogP) is 7.11. The zero-order chi connectivity index (χ0) is 32.8. The minimum Gasteiger partial charge on any atom is -0.475 e. The monoisotopic (exact) mass is 631 g/mol. The lowest BCUT2D eigenvalue weighted by atomic mass is 10.1. The Morgan fingerprint density at radius 3 is 2.26 bits per heavy atom. The van der Waals surface area contributed by atoms with Gasteiger partial charge in [-0.05, 0) is 91.7 Å². The highest BCUT2D eigenvalue weighted by atomic mass is 19.4. The minimum absolute atomic E-state index is 0.156.